The summed E-state index contributed by atoms with van der Waals surface area (Å²) >= 11 is 5.63. The molecule has 0 bridgehead atoms. The second kappa shape index (κ2) is 6.34. The van der Waals surface area contributed by atoms with Gasteiger partial charge in [0.2, 0.25) is 0 Å². The summed E-state index contributed by atoms with van der Waals surface area (Å²) in [5.41, 5.74) is 0.695. The van der Waals surface area contributed by atoms with Gasteiger partial charge in [0.1, 0.15) is 0 Å². The van der Waals surface area contributed by atoms with Crippen molar-refractivity contribution in [1.82, 2.24) is 5.32 Å². The van der Waals surface area contributed by atoms with Crippen LogP contribution >= 0.6 is 38.5 Å². The predicted octanol–water partition coefficient (Wildman–Crippen LogP) is 3.35. The first-order chi connectivity index (χ1) is 8.56. The van der Waals surface area contributed by atoms with Gasteiger partial charge in [0.25, 0.3) is 5.91 Å². The van der Waals surface area contributed by atoms with Gasteiger partial charge >= 0.3 is 0 Å². The molecule has 0 spiro atoms. The van der Waals surface area contributed by atoms with Crippen molar-refractivity contribution >= 4 is 44.4 Å². The zero-order valence-electron chi connectivity index (χ0n) is 10.1. The van der Waals surface area contributed by atoms with Gasteiger partial charge in [-0.3, -0.25) is 4.79 Å². The first-order valence-corrected chi connectivity index (χ1v) is 7.81. The quantitative estimate of drug-likeness (QED) is 0.740. The van der Waals surface area contributed by atoms with Crippen LogP contribution < -0.4 is 5.32 Å². The second-order valence-electron chi connectivity index (χ2n) is 4.50. The maximum Gasteiger partial charge on any atom is 0.252 e. The van der Waals surface area contributed by atoms with Gasteiger partial charge in [-0.25, -0.2) is 0 Å². The molecule has 1 aliphatic rings. The molecule has 0 aromatic heterocycles. The molecule has 1 saturated heterocycles. The summed E-state index contributed by atoms with van der Waals surface area (Å²) in [7, 11) is 0. The van der Waals surface area contributed by atoms with Crippen LogP contribution in [-0.2, 0) is 4.74 Å². The summed E-state index contributed by atoms with van der Waals surface area (Å²) in [6.07, 6.45) is 1.99. The Morgan fingerprint density at radius 1 is 1.56 bits per heavy atom. The number of benzene rings is 1. The van der Waals surface area contributed by atoms with Crippen molar-refractivity contribution in [2.24, 2.45) is 0 Å². The Morgan fingerprint density at radius 2 is 2.33 bits per heavy atom. The highest BCUT2D eigenvalue weighted by atomic mass is 127. The molecule has 18 heavy (non-hydrogen) atoms. The molecule has 1 aromatic carbocycles. The van der Waals surface area contributed by atoms with E-state index in [-0.39, 0.29) is 18.1 Å². The molecule has 2 unspecified atom stereocenters. The minimum Gasteiger partial charge on any atom is -0.378 e. The topological polar surface area (TPSA) is 38.3 Å². The molecule has 1 N–H and O–H groups in total. The molecule has 98 valence electrons. The van der Waals surface area contributed by atoms with E-state index in [0.29, 0.717) is 5.56 Å². The third-order valence-electron chi connectivity index (χ3n) is 2.99. The maximum absolute atomic E-state index is 12.2. The lowest BCUT2D eigenvalue weighted by Gasteiger charge is -2.28. The van der Waals surface area contributed by atoms with Crippen LogP contribution in [0.4, 0.5) is 0 Å². The molecule has 5 heteroatoms. The molecule has 1 aliphatic heterocycles. The van der Waals surface area contributed by atoms with Crippen LogP contribution in [0.5, 0.6) is 0 Å². The van der Waals surface area contributed by atoms with E-state index in [1.54, 1.807) is 0 Å². The molecule has 0 radical (unpaired) electrons. The summed E-state index contributed by atoms with van der Waals surface area (Å²) in [4.78, 5) is 12.2. The van der Waals surface area contributed by atoms with Crippen molar-refractivity contribution in [3.05, 3.63) is 31.8 Å². The van der Waals surface area contributed by atoms with E-state index in [2.05, 4.69) is 43.8 Å². The van der Waals surface area contributed by atoms with Gasteiger partial charge in [-0.05, 0) is 76.5 Å². The molecule has 1 amide bonds. The summed E-state index contributed by atoms with van der Waals surface area (Å²) in [5.74, 6) is -0.0144. The van der Waals surface area contributed by atoms with Crippen molar-refractivity contribution in [2.45, 2.75) is 31.9 Å². The Balaban J connectivity index is 2.05. The van der Waals surface area contributed by atoms with Crippen molar-refractivity contribution in [3.63, 3.8) is 0 Å². The van der Waals surface area contributed by atoms with Gasteiger partial charge in [0.15, 0.2) is 0 Å². The molecule has 0 saturated carbocycles. The summed E-state index contributed by atoms with van der Waals surface area (Å²) in [5, 5.41) is 3.08. The molecule has 1 heterocycles. The Morgan fingerprint density at radius 3 is 3.06 bits per heavy atom. The van der Waals surface area contributed by atoms with Crippen LogP contribution in [0.25, 0.3) is 0 Å². The SMILES string of the molecule is CC1CC(NC(=O)c2cc(I)ccc2Br)CCO1. The van der Waals surface area contributed by atoms with Gasteiger partial charge in [-0.15, -0.1) is 0 Å². The fourth-order valence-corrected chi connectivity index (χ4v) is 2.98. The second-order valence-corrected chi connectivity index (χ2v) is 6.60. The zero-order valence-corrected chi connectivity index (χ0v) is 13.8. The number of hydrogen-bond donors (Lipinski definition) is 1. The van der Waals surface area contributed by atoms with E-state index in [1.165, 1.54) is 0 Å². The molecule has 1 fully saturated rings. The smallest absolute Gasteiger partial charge is 0.252 e. The highest BCUT2D eigenvalue weighted by Crippen LogP contribution is 2.20. The maximum atomic E-state index is 12.2. The van der Waals surface area contributed by atoms with E-state index < -0.39 is 0 Å². The first-order valence-electron chi connectivity index (χ1n) is 5.94. The molecule has 0 aliphatic carbocycles. The van der Waals surface area contributed by atoms with Crippen molar-refractivity contribution in [1.29, 1.82) is 0 Å². The van der Waals surface area contributed by atoms with Crippen LogP contribution in [-0.4, -0.2) is 24.7 Å². The third kappa shape index (κ3) is 3.68. The number of nitrogens with one attached hydrogen (secondary N) is 1. The van der Waals surface area contributed by atoms with Gasteiger partial charge in [-0.2, -0.15) is 0 Å². The molecule has 2 rings (SSSR count). The van der Waals surface area contributed by atoms with E-state index >= 15 is 0 Å². The average Bonchev–Trinajstić information content (AvgIpc) is 2.32. The van der Waals surface area contributed by atoms with Gasteiger partial charge in [-0.1, -0.05) is 0 Å². The Labute approximate surface area is 129 Å². The fraction of sp³-hybridized carbons (Fsp3) is 0.462. The van der Waals surface area contributed by atoms with Crippen LogP contribution in [0.1, 0.15) is 30.1 Å². The largest absolute Gasteiger partial charge is 0.378 e. The van der Waals surface area contributed by atoms with E-state index in [0.717, 1.165) is 27.5 Å². The van der Waals surface area contributed by atoms with Crippen LogP contribution in [0.3, 0.4) is 0 Å². The average molecular weight is 424 g/mol. The molecule has 2 atom stereocenters. The fourth-order valence-electron chi connectivity index (χ4n) is 2.06. The molecular weight excluding hydrogens is 409 g/mol. The lowest BCUT2D eigenvalue weighted by atomic mass is 10.0. The predicted molar refractivity (Wildman–Crippen MR) is 82.8 cm³/mol. The standard InChI is InChI=1S/C13H15BrINO2/c1-8-6-10(4-5-18-8)16-13(17)11-7-9(15)2-3-12(11)14/h2-3,7-8,10H,4-6H2,1H3,(H,16,17). The van der Waals surface area contributed by atoms with E-state index in [1.807, 2.05) is 25.1 Å². The van der Waals surface area contributed by atoms with Crippen molar-refractivity contribution < 1.29 is 9.53 Å². The third-order valence-corrected chi connectivity index (χ3v) is 4.36. The van der Waals surface area contributed by atoms with Crippen LogP contribution in [0, 0.1) is 3.57 Å². The van der Waals surface area contributed by atoms with E-state index in [4.69, 9.17) is 4.74 Å². The Bertz CT molecular complexity index is 453. The molecular formula is C13H15BrINO2. The number of amides is 1. The van der Waals surface area contributed by atoms with Crippen LogP contribution in [0.15, 0.2) is 22.7 Å². The van der Waals surface area contributed by atoms with Gasteiger partial charge in [0, 0.05) is 20.7 Å². The van der Waals surface area contributed by atoms with Crippen LogP contribution in [0.2, 0.25) is 0 Å². The number of rotatable bonds is 2. The summed E-state index contributed by atoms with van der Waals surface area (Å²) < 4.78 is 7.37. The zero-order chi connectivity index (χ0) is 13.1. The number of carbonyl (C=O) groups is 1. The van der Waals surface area contributed by atoms with E-state index in [9.17, 15) is 4.79 Å². The van der Waals surface area contributed by atoms with Gasteiger partial charge < -0.3 is 10.1 Å². The number of hydrogen-bond acceptors (Lipinski definition) is 2. The summed E-state index contributed by atoms with van der Waals surface area (Å²) in [6.45, 7) is 2.76. The Hall–Kier alpha value is -0.140. The highest BCUT2D eigenvalue weighted by Gasteiger charge is 2.22. The molecule has 3 nitrogen and oxygen atoms in total. The van der Waals surface area contributed by atoms with Gasteiger partial charge in [0.05, 0.1) is 11.7 Å². The number of ether oxygens (including phenoxy) is 1. The minimum atomic E-state index is -0.0144. The number of halogens is 2. The monoisotopic (exact) mass is 423 g/mol. The highest BCUT2D eigenvalue weighted by molar-refractivity contribution is 14.1. The Kier molecular flexibility index (Phi) is 5.03. The lowest BCUT2D eigenvalue weighted by molar-refractivity contribution is 0.0136. The minimum absolute atomic E-state index is 0.0144. The van der Waals surface area contributed by atoms with Crippen molar-refractivity contribution in [2.75, 3.05) is 6.61 Å². The lowest BCUT2D eigenvalue weighted by Crippen LogP contribution is -2.41. The molecule has 1 aromatic rings. The first kappa shape index (κ1) is 14.3. The number of carbonyl (C=O) groups excluding carboxylic acids is 1. The normalized spacial score (nSPS) is 23.7. The van der Waals surface area contributed by atoms with Crippen molar-refractivity contribution in [3.8, 4) is 0 Å². The summed E-state index contributed by atoms with van der Waals surface area (Å²) in [6, 6.07) is 5.98.